The lowest BCUT2D eigenvalue weighted by Gasteiger charge is -2.20. The molecular weight excluding hydrogens is 475 g/mol. The van der Waals surface area contributed by atoms with Gasteiger partial charge in [-0.2, -0.15) is 31.6 Å². The quantitative estimate of drug-likeness (QED) is 0.605. The summed E-state index contributed by atoms with van der Waals surface area (Å²) in [4.78, 5) is 16.1. The molecule has 0 bridgehead atoms. The molecule has 0 radical (unpaired) electrons. The molecule has 0 aliphatic heterocycles. The molecule has 1 aromatic carbocycles. The van der Waals surface area contributed by atoms with Gasteiger partial charge < -0.3 is 15.0 Å². The van der Waals surface area contributed by atoms with E-state index in [9.17, 15) is 44.3 Å². The molecule has 0 saturated carbocycles. The third kappa shape index (κ3) is 6.64. The van der Waals surface area contributed by atoms with Crippen LogP contribution in [0.1, 0.15) is 16.8 Å². The number of carbonyl (C=O) groups is 1. The van der Waals surface area contributed by atoms with E-state index in [1.807, 2.05) is 5.32 Å². The van der Waals surface area contributed by atoms with E-state index in [0.717, 1.165) is 42.3 Å². The molecule has 0 aliphatic rings. The smallest absolute Gasteiger partial charge is 0.406 e. The Hall–Kier alpha value is -3.70. The predicted molar refractivity (Wildman–Crippen MR) is 94.0 cm³/mol. The highest BCUT2D eigenvalue weighted by molar-refractivity contribution is 5.95. The zero-order chi connectivity index (χ0) is 25.2. The second kappa shape index (κ2) is 9.04. The summed E-state index contributed by atoms with van der Waals surface area (Å²) in [6.07, 6.45) is -15.5. The Morgan fingerprint density at radius 1 is 1.06 bits per heavy atom. The molecule has 1 heterocycles. The summed E-state index contributed by atoms with van der Waals surface area (Å²) < 4.78 is 119. The van der Waals surface area contributed by atoms with Gasteiger partial charge in [-0.15, -0.1) is 13.2 Å². The van der Waals surface area contributed by atoms with Gasteiger partial charge in [0.2, 0.25) is 5.91 Å². The van der Waals surface area contributed by atoms with Gasteiger partial charge in [-0.3, -0.25) is 4.79 Å². The van der Waals surface area contributed by atoms with Crippen molar-refractivity contribution in [2.24, 2.45) is 0 Å². The molecule has 178 valence electrons. The Bertz CT molecular complexity index is 1060. The van der Waals surface area contributed by atoms with Gasteiger partial charge in [-0.1, -0.05) is 0 Å². The molecule has 2 rings (SSSR count). The van der Waals surface area contributed by atoms with Crippen LogP contribution in [0.25, 0.3) is 0 Å². The second-order valence-electron chi connectivity index (χ2n) is 6.23. The van der Waals surface area contributed by atoms with Crippen molar-refractivity contribution in [3.8, 4) is 11.8 Å². The minimum atomic E-state index is -5.31. The molecule has 1 amide bonds. The van der Waals surface area contributed by atoms with Gasteiger partial charge in [0.1, 0.15) is 28.9 Å². The van der Waals surface area contributed by atoms with Gasteiger partial charge in [0.15, 0.2) is 0 Å². The van der Waals surface area contributed by atoms with Crippen LogP contribution in [-0.4, -0.2) is 30.8 Å². The zero-order valence-electron chi connectivity index (χ0n) is 16.2. The number of alkyl halides is 9. The summed E-state index contributed by atoms with van der Waals surface area (Å²) in [5, 5.41) is 11.0. The minimum Gasteiger partial charge on any atom is -0.406 e. The highest BCUT2D eigenvalue weighted by Gasteiger charge is 2.41. The number of carbonyl (C=O) groups excluding carboxylic acids is 1. The maximum absolute atomic E-state index is 13.1. The molecule has 0 spiro atoms. The second-order valence-corrected chi connectivity index (χ2v) is 6.23. The Balaban J connectivity index is 2.26. The number of hydrogen-bond donors (Lipinski definition) is 1. The van der Waals surface area contributed by atoms with E-state index in [2.05, 4.69) is 9.72 Å². The van der Waals surface area contributed by atoms with E-state index < -0.39 is 59.6 Å². The number of amides is 1. The number of pyridine rings is 1. The van der Waals surface area contributed by atoms with Gasteiger partial charge >= 0.3 is 18.7 Å². The lowest BCUT2D eigenvalue weighted by atomic mass is 10.1. The van der Waals surface area contributed by atoms with Crippen LogP contribution in [0, 0.1) is 11.3 Å². The molecule has 1 N–H and O–H groups in total. The van der Waals surface area contributed by atoms with Crippen LogP contribution in [0.4, 0.5) is 51.0 Å². The number of nitrogens with one attached hydrogen (secondary N) is 1. The van der Waals surface area contributed by atoms with Crippen molar-refractivity contribution in [1.82, 2.24) is 4.98 Å². The standard InChI is InChI=1S/C18H11F9N4O2/c1-31(9-2-4-10(5-3-9)33-18(25,26)27)14(32)8-29-15-11(7-28)12(16(19,20)21)6-13(30-15)17(22,23)24/h2-6H,8H2,1H3,(H,29,30). The first-order valence-electron chi connectivity index (χ1n) is 8.48. The average molecular weight is 486 g/mol. The van der Waals surface area contributed by atoms with Crippen molar-refractivity contribution in [3.63, 3.8) is 0 Å². The normalized spacial score (nSPS) is 12.2. The Kier molecular flexibility index (Phi) is 7.00. The van der Waals surface area contributed by atoms with Crippen LogP contribution < -0.4 is 15.0 Å². The number of aromatic nitrogens is 1. The lowest BCUT2D eigenvalue weighted by Crippen LogP contribution is -2.32. The first-order chi connectivity index (χ1) is 15.0. The van der Waals surface area contributed by atoms with E-state index in [4.69, 9.17) is 5.26 Å². The Morgan fingerprint density at radius 3 is 2.09 bits per heavy atom. The molecule has 0 unspecified atom stereocenters. The Morgan fingerprint density at radius 2 is 1.64 bits per heavy atom. The van der Waals surface area contributed by atoms with Crippen LogP contribution in [0.3, 0.4) is 0 Å². The summed E-state index contributed by atoms with van der Waals surface area (Å²) in [7, 11) is 1.15. The van der Waals surface area contributed by atoms with Crippen molar-refractivity contribution < 1.29 is 49.0 Å². The number of likely N-dealkylation sites (N-methyl/N-ethyl adjacent to an activating group) is 1. The lowest BCUT2D eigenvalue weighted by molar-refractivity contribution is -0.274. The highest BCUT2D eigenvalue weighted by atomic mass is 19.4. The molecule has 0 saturated heterocycles. The fourth-order valence-electron chi connectivity index (χ4n) is 2.45. The largest absolute Gasteiger partial charge is 0.573 e. The molecule has 33 heavy (non-hydrogen) atoms. The number of nitrogens with zero attached hydrogens (tertiary/aromatic N) is 3. The zero-order valence-corrected chi connectivity index (χ0v) is 16.2. The maximum Gasteiger partial charge on any atom is 0.573 e. The Labute approximate surface area is 179 Å². The first kappa shape index (κ1) is 25.6. The molecule has 0 aliphatic carbocycles. The maximum atomic E-state index is 13.1. The topological polar surface area (TPSA) is 78.3 Å². The van der Waals surface area contributed by atoms with Crippen molar-refractivity contribution in [2.75, 3.05) is 23.8 Å². The van der Waals surface area contributed by atoms with Crippen molar-refractivity contribution in [2.45, 2.75) is 18.7 Å². The third-order valence-corrected chi connectivity index (χ3v) is 3.97. The number of hydrogen-bond acceptors (Lipinski definition) is 5. The minimum absolute atomic E-state index is 0.0322. The van der Waals surface area contributed by atoms with Crippen LogP contribution in [-0.2, 0) is 17.1 Å². The van der Waals surface area contributed by atoms with Gasteiger partial charge in [0.05, 0.1) is 12.1 Å². The molecule has 1 aromatic heterocycles. The SMILES string of the molecule is CN(C(=O)CNc1nc(C(F)(F)F)cc(C(F)(F)F)c1C#N)c1ccc(OC(F)(F)F)cc1. The van der Waals surface area contributed by atoms with Crippen LogP contribution >= 0.6 is 0 Å². The number of ether oxygens (including phenoxy) is 1. The number of nitriles is 1. The van der Waals surface area contributed by atoms with E-state index in [1.165, 1.54) is 0 Å². The predicted octanol–water partition coefficient (Wildman–Crippen LogP) is 4.96. The summed E-state index contributed by atoms with van der Waals surface area (Å²) in [6.45, 7) is -0.891. The first-order valence-corrected chi connectivity index (χ1v) is 8.48. The van der Waals surface area contributed by atoms with E-state index in [-0.39, 0.29) is 11.8 Å². The average Bonchev–Trinajstić information content (AvgIpc) is 2.68. The summed E-state index contributed by atoms with van der Waals surface area (Å²) in [5.74, 6) is -2.62. The van der Waals surface area contributed by atoms with Gasteiger partial charge in [0, 0.05) is 12.7 Å². The molecule has 6 nitrogen and oxygen atoms in total. The molecule has 2 aromatic rings. The van der Waals surface area contributed by atoms with Crippen LogP contribution in [0.15, 0.2) is 30.3 Å². The molecule has 15 heteroatoms. The summed E-state index contributed by atoms with van der Waals surface area (Å²) >= 11 is 0. The number of benzene rings is 1. The summed E-state index contributed by atoms with van der Waals surface area (Å²) in [5.41, 5.74) is -5.04. The molecule has 0 atom stereocenters. The van der Waals surface area contributed by atoms with E-state index in [0.29, 0.717) is 0 Å². The number of anilines is 2. The van der Waals surface area contributed by atoms with E-state index >= 15 is 0 Å². The van der Waals surface area contributed by atoms with Gasteiger partial charge in [0.25, 0.3) is 0 Å². The third-order valence-electron chi connectivity index (χ3n) is 3.97. The summed E-state index contributed by atoms with van der Waals surface area (Å²) in [6, 6.07) is 4.69. The molecule has 0 fully saturated rings. The van der Waals surface area contributed by atoms with E-state index in [1.54, 1.807) is 0 Å². The van der Waals surface area contributed by atoms with Crippen molar-refractivity contribution in [1.29, 1.82) is 5.26 Å². The van der Waals surface area contributed by atoms with Gasteiger partial charge in [-0.05, 0) is 30.3 Å². The van der Waals surface area contributed by atoms with Crippen molar-refractivity contribution in [3.05, 3.63) is 47.2 Å². The molecular formula is C18H11F9N4O2. The van der Waals surface area contributed by atoms with Gasteiger partial charge in [-0.25, -0.2) is 4.98 Å². The van der Waals surface area contributed by atoms with Crippen LogP contribution in [0.2, 0.25) is 0 Å². The monoisotopic (exact) mass is 486 g/mol. The number of halogens is 9. The van der Waals surface area contributed by atoms with Crippen LogP contribution in [0.5, 0.6) is 5.75 Å². The van der Waals surface area contributed by atoms with Crippen molar-refractivity contribution >= 4 is 17.4 Å². The number of rotatable bonds is 5. The fourth-order valence-corrected chi connectivity index (χ4v) is 2.45. The fraction of sp³-hybridized carbons (Fsp3) is 0.278. The highest BCUT2D eigenvalue weighted by Crippen LogP contribution is 2.38.